The van der Waals surface area contributed by atoms with Crippen LogP contribution in [-0.4, -0.2) is 9.55 Å². The number of nitrogens with zero attached hydrogens (tertiary/aromatic N) is 2. The van der Waals surface area contributed by atoms with Gasteiger partial charge in [0.2, 0.25) is 0 Å². The van der Waals surface area contributed by atoms with Crippen LogP contribution in [0.1, 0.15) is 48.8 Å². The first-order valence-electron chi connectivity index (χ1n) is 9.62. The number of hydrogen-bond acceptors (Lipinski definition) is 2. The Hall–Kier alpha value is -2.91. The lowest BCUT2D eigenvalue weighted by atomic mass is 9.97. The highest BCUT2D eigenvalue weighted by molar-refractivity contribution is 5.76. The third-order valence-corrected chi connectivity index (χ3v) is 5.04. The van der Waals surface area contributed by atoms with E-state index in [1.165, 1.54) is 11.1 Å². The molecule has 0 radical (unpaired) electrons. The van der Waals surface area contributed by atoms with Gasteiger partial charge >= 0.3 is 0 Å². The number of fused-ring (bicyclic) bond motifs is 1. The molecule has 0 fully saturated rings. The van der Waals surface area contributed by atoms with E-state index in [2.05, 4.69) is 90.4 Å². The highest BCUT2D eigenvalue weighted by atomic mass is 15.1. The Morgan fingerprint density at radius 1 is 0.815 bits per heavy atom. The van der Waals surface area contributed by atoms with Gasteiger partial charge in [0.05, 0.1) is 23.1 Å². The molecule has 1 aromatic heterocycles. The lowest BCUT2D eigenvalue weighted by Gasteiger charge is -2.25. The summed E-state index contributed by atoms with van der Waals surface area (Å²) < 4.78 is 2.33. The molecule has 4 rings (SSSR count). The molecule has 0 bridgehead atoms. The number of nitrogens with two attached hydrogens (primary N) is 1. The van der Waals surface area contributed by atoms with Crippen LogP contribution in [0.5, 0.6) is 0 Å². The summed E-state index contributed by atoms with van der Waals surface area (Å²) in [6.45, 7) is 2.17. The third kappa shape index (κ3) is 3.38. The highest BCUT2D eigenvalue weighted by Gasteiger charge is 2.25. The van der Waals surface area contributed by atoms with Gasteiger partial charge in [0, 0.05) is 0 Å². The van der Waals surface area contributed by atoms with Gasteiger partial charge < -0.3 is 10.3 Å². The van der Waals surface area contributed by atoms with Gasteiger partial charge in [-0.2, -0.15) is 0 Å². The van der Waals surface area contributed by atoms with Crippen molar-refractivity contribution >= 4 is 11.0 Å². The van der Waals surface area contributed by atoms with E-state index in [4.69, 9.17) is 10.7 Å². The Kier molecular flexibility index (Phi) is 5.03. The predicted molar refractivity (Wildman–Crippen MR) is 112 cm³/mol. The SMILES string of the molecule is CCCC(N)c1nc2ccccc2n1C(c1ccccc1)c1ccccc1. The van der Waals surface area contributed by atoms with Gasteiger partial charge in [-0.05, 0) is 29.7 Å². The van der Waals surface area contributed by atoms with Gasteiger partial charge in [-0.3, -0.25) is 0 Å². The molecule has 0 saturated heterocycles. The molecule has 1 unspecified atom stereocenters. The smallest absolute Gasteiger partial charge is 0.127 e. The third-order valence-electron chi connectivity index (χ3n) is 5.04. The summed E-state index contributed by atoms with van der Waals surface area (Å²) in [5.74, 6) is 0.954. The summed E-state index contributed by atoms with van der Waals surface area (Å²) in [6.07, 6.45) is 1.95. The van der Waals surface area contributed by atoms with Crippen molar-refractivity contribution < 1.29 is 0 Å². The topological polar surface area (TPSA) is 43.8 Å². The second kappa shape index (κ2) is 7.77. The van der Waals surface area contributed by atoms with E-state index < -0.39 is 0 Å². The lowest BCUT2D eigenvalue weighted by molar-refractivity contribution is 0.548. The number of para-hydroxylation sites is 2. The van der Waals surface area contributed by atoms with Crippen molar-refractivity contribution in [3.05, 3.63) is 102 Å². The summed E-state index contributed by atoms with van der Waals surface area (Å²) in [6, 6.07) is 29.5. The van der Waals surface area contributed by atoms with E-state index in [0.717, 1.165) is 29.7 Å². The molecule has 0 saturated carbocycles. The van der Waals surface area contributed by atoms with Crippen LogP contribution in [-0.2, 0) is 0 Å². The average Bonchev–Trinajstić information content (AvgIpc) is 3.10. The van der Waals surface area contributed by atoms with Gasteiger partial charge in [-0.25, -0.2) is 4.98 Å². The number of aromatic nitrogens is 2. The minimum absolute atomic E-state index is 0.0395. The summed E-state index contributed by atoms with van der Waals surface area (Å²) in [4.78, 5) is 4.94. The fraction of sp³-hybridized carbons (Fsp3) is 0.208. The van der Waals surface area contributed by atoms with Crippen LogP contribution in [0.2, 0.25) is 0 Å². The Morgan fingerprint density at radius 2 is 1.37 bits per heavy atom. The Labute approximate surface area is 160 Å². The molecular weight excluding hydrogens is 330 g/mol. The van der Waals surface area contributed by atoms with E-state index in [0.29, 0.717) is 0 Å². The quantitative estimate of drug-likeness (QED) is 0.498. The number of hydrogen-bond donors (Lipinski definition) is 1. The molecule has 0 spiro atoms. The Bertz CT molecular complexity index is 966. The zero-order valence-corrected chi connectivity index (χ0v) is 15.6. The minimum Gasteiger partial charge on any atom is -0.321 e. The van der Waals surface area contributed by atoms with Gasteiger partial charge in [-0.1, -0.05) is 86.1 Å². The van der Waals surface area contributed by atoms with E-state index in [9.17, 15) is 0 Å². The minimum atomic E-state index is -0.0858. The summed E-state index contributed by atoms with van der Waals surface area (Å²) in [7, 11) is 0. The van der Waals surface area contributed by atoms with Crippen LogP contribution in [0, 0.1) is 0 Å². The molecule has 0 aliphatic heterocycles. The first-order chi connectivity index (χ1) is 13.3. The average molecular weight is 355 g/mol. The molecular formula is C24H25N3. The van der Waals surface area contributed by atoms with Crippen LogP contribution in [0.4, 0.5) is 0 Å². The fourth-order valence-electron chi connectivity index (χ4n) is 3.80. The van der Waals surface area contributed by atoms with Gasteiger partial charge in [-0.15, -0.1) is 0 Å². The van der Waals surface area contributed by atoms with Crippen LogP contribution >= 0.6 is 0 Å². The molecule has 0 aliphatic carbocycles. The summed E-state index contributed by atoms with van der Waals surface area (Å²) in [5.41, 5.74) is 11.2. The van der Waals surface area contributed by atoms with Crippen molar-refractivity contribution in [2.45, 2.75) is 31.8 Å². The van der Waals surface area contributed by atoms with Gasteiger partial charge in [0.15, 0.2) is 0 Å². The van der Waals surface area contributed by atoms with E-state index in [1.807, 2.05) is 6.07 Å². The Morgan fingerprint density at radius 3 is 1.96 bits per heavy atom. The van der Waals surface area contributed by atoms with Gasteiger partial charge in [0.1, 0.15) is 5.82 Å². The maximum absolute atomic E-state index is 6.58. The first kappa shape index (κ1) is 17.5. The number of benzene rings is 3. The van der Waals surface area contributed by atoms with Crippen molar-refractivity contribution in [3.63, 3.8) is 0 Å². The molecule has 0 amide bonds. The van der Waals surface area contributed by atoms with Crippen LogP contribution in [0.25, 0.3) is 11.0 Å². The maximum atomic E-state index is 6.58. The van der Waals surface area contributed by atoms with Crippen molar-refractivity contribution in [2.24, 2.45) is 5.73 Å². The second-order valence-electron chi connectivity index (χ2n) is 6.95. The largest absolute Gasteiger partial charge is 0.321 e. The van der Waals surface area contributed by atoms with Crippen molar-refractivity contribution in [1.29, 1.82) is 0 Å². The number of rotatable bonds is 6. The molecule has 4 aromatic rings. The molecule has 3 nitrogen and oxygen atoms in total. The molecule has 1 atom stereocenters. The van der Waals surface area contributed by atoms with Crippen molar-refractivity contribution in [1.82, 2.24) is 9.55 Å². The van der Waals surface area contributed by atoms with Crippen LogP contribution < -0.4 is 5.73 Å². The molecule has 0 aliphatic rings. The van der Waals surface area contributed by atoms with Crippen LogP contribution in [0.3, 0.4) is 0 Å². The van der Waals surface area contributed by atoms with Gasteiger partial charge in [0.25, 0.3) is 0 Å². The normalized spacial score (nSPS) is 12.6. The molecule has 2 N–H and O–H groups in total. The van der Waals surface area contributed by atoms with E-state index >= 15 is 0 Å². The summed E-state index contributed by atoms with van der Waals surface area (Å²) >= 11 is 0. The zero-order valence-electron chi connectivity index (χ0n) is 15.6. The second-order valence-corrected chi connectivity index (χ2v) is 6.95. The molecule has 3 aromatic carbocycles. The van der Waals surface area contributed by atoms with E-state index in [1.54, 1.807) is 0 Å². The lowest BCUT2D eigenvalue weighted by Crippen LogP contribution is -2.21. The highest BCUT2D eigenvalue weighted by Crippen LogP contribution is 2.34. The number of imidazole rings is 1. The van der Waals surface area contributed by atoms with Crippen LogP contribution in [0.15, 0.2) is 84.9 Å². The molecule has 3 heteroatoms. The van der Waals surface area contributed by atoms with Crippen molar-refractivity contribution in [2.75, 3.05) is 0 Å². The zero-order chi connectivity index (χ0) is 18.6. The van der Waals surface area contributed by atoms with Crippen molar-refractivity contribution in [3.8, 4) is 0 Å². The summed E-state index contributed by atoms with van der Waals surface area (Å²) in [5, 5.41) is 0. The fourth-order valence-corrected chi connectivity index (χ4v) is 3.80. The molecule has 136 valence electrons. The molecule has 27 heavy (non-hydrogen) atoms. The monoisotopic (exact) mass is 355 g/mol. The predicted octanol–water partition coefficient (Wildman–Crippen LogP) is 5.47. The standard InChI is InChI=1S/C24H25N3/c1-2-11-20(25)24-26-21-16-9-10-17-22(21)27(24)23(18-12-5-3-6-13-18)19-14-7-4-8-15-19/h3-10,12-17,20,23H,2,11,25H2,1H3. The maximum Gasteiger partial charge on any atom is 0.127 e. The molecule has 1 heterocycles. The first-order valence-corrected chi connectivity index (χ1v) is 9.62. The van der Waals surface area contributed by atoms with E-state index in [-0.39, 0.29) is 12.1 Å². The Balaban J connectivity index is 1.99.